The van der Waals surface area contributed by atoms with Crippen molar-refractivity contribution in [3.8, 4) is 5.69 Å². The first-order chi connectivity index (χ1) is 11.0. The molecule has 0 spiro atoms. The Morgan fingerprint density at radius 3 is 2.74 bits per heavy atom. The summed E-state index contributed by atoms with van der Waals surface area (Å²) in [5, 5.41) is 13.4. The minimum atomic E-state index is -0.988. The fourth-order valence-corrected chi connectivity index (χ4v) is 2.02. The zero-order chi connectivity index (χ0) is 16.8. The molecule has 0 aliphatic carbocycles. The molecule has 23 heavy (non-hydrogen) atoms. The Balaban J connectivity index is 1.92. The first kappa shape index (κ1) is 16.5. The predicted molar refractivity (Wildman–Crippen MR) is 80.8 cm³/mol. The monoisotopic (exact) mass is 320 g/mol. The number of aromatic nitrogens is 2. The topological polar surface area (TPSA) is 96.3 Å². The van der Waals surface area contributed by atoms with Gasteiger partial charge in [0, 0.05) is 25.5 Å². The molecule has 0 fully saturated rings. The SMILES string of the molecule is Cc1nccn1-c1ccc(CNC(=O)NCCC(=O)O)cc1F. The van der Waals surface area contributed by atoms with Crippen molar-refractivity contribution in [2.24, 2.45) is 0 Å². The summed E-state index contributed by atoms with van der Waals surface area (Å²) in [5.41, 5.74) is 0.979. The molecule has 0 radical (unpaired) electrons. The molecule has 0 unspecified atom stereocenters. The maximum absolute atomic E-state index is 14.2. The van der Waals surface area contributed by atoms with Crippen molar-refractivity contribution in [1.29, 1.82) is 0 Å². The van der Waals surface area contributed by atoms with Gasteiger partial charge in [-0.2, -0.15) is 0 Å². The number of carbonyl (C=O) groups excluding carboxylic acids is 1. The van der Waals surface area contributed by atoms with Gasteiger partial charge < -0.3 is 20.3 Å². The van der Waals surface area contributed by atoms with Crippen LogP contribution in [0.4, 0.5) is 9.18 Å². The van der Waals surface area contributed by atoms with Gasteiger partial charge in [-0.1, -0.05) is 6.07 Å². The van der Waals surface area contributed by atoms with E-state index in [0.29, 0.717) is 17.1 Å². The molecular weight excluding hydrogens is 303 g/mol. The van der Waals surface area contributed by atoms with Gasteiger partial charge in [0.25, 0.3) is 0 Å². The van der Waals surface area contributed by atoms with E-state index >= 15 is 0 Å². The fraction of sp³-hybridized carbons (Fsp3) is 0.267. The average molecular weight is 320 g/mol. The molecule has 1 heterocycles. The van der Waals surface area contributed by atoms with Crippen LogP contribution < -0.4 is 10.6 Å². The normalized spacial score (nSPS) is 10.3. The highest BCUT2D eigenvalue weighted by Gasteiger charge is 2.08. The Kier molecular flexibility index (Phi) is 5.29. The van der Waals surface area contributed by atoms with Crippen LogP contribution in [-0.4, -0.2) is 33.2 Å². The van der Waals surface area contributed by atoms with Gasteiger partial charge in [-0.15, -0.1) is 0 Å². The molecular formula is C15H17FN4O3. The number of aryl methyl sites for hydroxylation is 1. The number of nitrogens with zero attached hydrogens (tertiary/aromatic N) is 2. The third-order valence-electron chi connectivity index (χ3n) is 3.17. The minimum absolute atomic E-state index is 0.0361. The fourth-order valence-electron chi connectivity index (χ4n) is 2.02. The summed E-state index contributed by atoms with van der Waals surface area (Å²) < 4.78 is 15.8. The standard InChI is InChI=1S/C15H17FN4O3/c1-10-17-6-7-20(10)13-3-2-11(8-12(13)16)9-19-15(23)18-5-4-14(21)22/h2-3,6-8H,4-5,9H2,1H3,(H,21,22)(H2,18,19,23). The third-order valence-corrected chi connectivity index (χ3v) is 3.17. The number of hydrogen-bond donors (Lipinski definition) is 3. The molecule has 0 bridgehead atoms. The van der Waals surface area contributed by atoms with Gasteiger partial charge in [0.2, 0.25) is 0 Å². The van der Waals surface area contributed by atoms with Gasteiger partial charge in [0.05, 0.1) is 12.1 Å². The molecule has 7 nitrogen and oxygen atoms in total. The van der Waals surface area contributed by atoms with Crippen molar-refractivity contribution >= 4 is 12.0 Å². The number of amides is 2. The van der Waals surface area contributed by atoms with Gasteiger partial charge in [-0.25, -0.2) is 14.2 Å². The molecule has 122 valence electrons. The van der Waals surface area contributed by atoms with E-state index in [-0.39, 0.29) is 19.5 Å². The smallest absolute Gasteiger partial charge is 0.315 e. The van der Waals surface area contributed by atoms with Crippen LogP contribution in [0, 0.1) is 12.7 Å². The van der Waals surface area contributed by atoms with Gasteiger partial charge >= 0.3 is 12.0 Å². The number of carboxylic acid groups (broad SMARTS) is 1. The molecule has 0 saturated carbocycles. The van der Waals surface area contributed by atoms with Crippen molar-refractivity contribution in [2.75, 3.05) is 6.54 Å². The number of nitrogens with one attached hydrogen (secondary N) is 2. The largest absolute Gasteiger partial charge is 0.481 e. The van der Waals surface area contributed by atoms with E-state index in [1.54, 1.807) is 36.0 Å². The maximum Gasteiger partial charge on any atom is 0.315 e. The second kappa shape index (κ2) is 7.39. The van der Waals surface area contributed by atoms with Crippen LogP contribution in [0.1, 0.15) is 17.8 Å². The van der Waals surface area contributed by atoms with Crippen molar-refractivity contribution in [3.63, 3.8) is 0 Å². The van der Waals surface area contributed by atoms with Crippen LogP contribution >= 0.6 is 0 Å². The quantitative estimate of drug-likeness (QED) is 0.753. The van der Waals surface area contributed by atoms with E-state index in [2.05, 4.69) is 15.6 Å². The summed E-state index contributed by atoms with van der Waals surface area (Å²) in [6, 6.07) is 4.16. The van der Waals surface area contributed by atoms with Crippen molar-refractivity contribution in [1.82, 2.24) is 20.2 Å². The van der Waals surface area contributed by atoms with E-state index in [0.717, 1.165) is 0 Å². The number of urea groups is 1. The Morgan fingerprint density at radius 2 is 2.13 bits per heavy atom. The van der Waals surface area contributed by atoms with Crippen LogP contribution in [0.5, 0.6) is 0 Å². The summed E-state index contributed by atoms with van der Waals surface area (Å²) in [5.74, 6) is -0.734. The lowest BCUT2D eigenvalue weighted by Gasteiger charge is -2.10. The number of benzene rings is 1. The first-order valence-corrected chi connectivity index (χ1v) is 6.99. The molecule has 0 atom stereocenters. The van der Waals surface area contributed by atoms with Gasteiger partial charge in [0.1, 0.15) is 11.6 Å². The summed E-state index contributed by atoms with van der Waals surface area (Å²) in [4.78, 5) is 25.8. The number of rotatable bonds is 6. The average Bonchev–Trinajstić information content (AvgIpc) is 2.91. The van der Waals surface area contributed by atoms with Crippen LogP contribution in [0.15, 0.2) is 30.6 Å². The van der Waals surface area contributed by atoms with Crippen LogP contribution in [0.3, 0.4) is 0 Å². The van der Waals surface area contributed by atoms with E-state index in [1.807, 2.05) is 0 Å². The number of carbonyl (C=O) groups is 2. The number of imidazole rings is 1. The van der Waals surface area contributed by atoms with Crippen molar-refractivity contribution in [3.05, 3.63) is 47.8 Å². The van der Waals surface area contributed by atoms with Crippen LogP contribution in [0.25, 0.3) is 5.69 Å². The zero-order valence-electron chi connectivity index (χ0n) is 12.5. The number of aliphatic carboxylic acids is 1. The van der Waals surface area contributed by atoms with Crippen LogP contribution in [-0.2, 0) is 11.3 Å². The second-order valence-corrected chi connectivity index (χ2v) is 4.88. The summed E-state index contributed by atoms with van der Waals surface area (Å²) >= 11 is 0. The van der Waals surface area contributed by atoms with E-state index in [1.165, 1.54) is 6.07 Å². The summed E-state index contributed by atoms with van der Waals surface area (Å²) in [6.07, 6.45) is 3.11. The Hall–Kier alpha value is -2.90. The van der Waals surface area contributed by atoms with E-state index < -0.39 is 17.8 Å². The Labute approximate surface area is 132 Å². The molecule has 0 saturated heterocycles. The lowest BCUT2D eigenvalue weighted by atomic mass is 10.2. The van der Waals surface area contributed by atoms with Gasteiger partial charge in [0.15, 0.2) is 0 Å². The first-order valence-electron chi connectivity index (χ1n) is 6.99. The van der Waals surface area contributed by atoms with E-state index in [9.17, 15) is 14.0 Å². The lowest BCUT2D eigenvalue weighted by Crippen LogP contribution is -2.36. The molecule has 8 heteroatoms. The maximum atomic E-state index is 14.2. The molecule has 2 amide bonds. The number of hydrogen-bond acceptors (Lipinski definition) is 3. The summed E-state index contributed by atoms with van der Waals surface area (Å²) in [7, 11) is 0. The molecule has 1 aromatic carbocycles. The predicted octanol–water partition coefficient (Wildman–Crippen LogP) is 1.59. The van der Waals surface area contributed by atoms with Crippen molar-refractivity contribution in [2.45, 2.75) is 19.9 Å². The lowest BCUT2D eigenvalue weighted by molar-refractivity contribution is -0.136. The Bertz CT molecular complexity index is 714. The second-order valence-electron chi connectivity index (χ2n) is 4.88. The molecule has 0 aliphatic rings. The highest BCUT2D eigenvalue weighted by molar-refractivity contribution is 5.74. The molecule has 2 rings (SSSR count). The van der Waals surface area contributed by atoms with Crippen molar-refractivity contribution < 1.29 is 19.1 Å². The number of carboxylic acids is 1. The summed E-state index contributed by atoms with van der Waals surface area (Å²) in [6.45, 7) is 1.95. The van der Waals surface area contributed by atoms with Crippen LogP contribution in [0.2, 0.25) is 0 Å². The highest BCUT2D eigenvalue weighted by Crippen LogP contribution is 2.16. The number of halogens is 1. The molecule has 0 aliphatic heterocycles. The zero-order valence-corrected chi connectivity index (χ0v) is 12.5. The molecule has 2 aromatic rings. The molecule has 3 N–H and O–H groups in total. The van der Waals surface area contributed by atoms with Gasteiger partial charge in [-0.3, -0.25) is 4.79 Å². The van der Waals surface area contributed by atoms with Gasteiger partial charge in [-0.05, 0) is 24.6 Å². The Morgan fingerprint density at radius 1 is 1.35 bits per heavy atom. The third kappa shape index (κ3) is 4.53. The molecule has 1 aromatic heterocycles. The van der Waals surface area contributed by atoms with E-state index in [4.69, 9.17) is 5.11 Å². The highest BCUT2D eigenvalue weighted by atomic mass is 19.1. The minimum Gasteiger partial charge on any atom is -0.481 e.